The molecule has 1 aromatic rings. The van der Waals surface area contributed by atoms with Gasteiger partial charge >= 0.3 is 6.18 Å². The molecule has 0 aliphatic rings. The van der Waals surface area contributed by atoms with Crippen molar-refractivity contribution in [1.29, 1.82) is 0 Å². The first-order valence-electron chi connectivity index (χ1n) is 5.50. The Morgan fingerprint density at radius 3 is 2.50 bits per heavy atom. The van der Waals surface area contributed by atoms with Gasteiger partial charge in [-0.3, -0.25) is 0 Å². The van der Waals surface area contributed by atoms with E-state index in [0.29, 0.717) is 24.5 Å². The molecule has 0 fully saturated rings. The Hall–Kier alpha value is -0.890. The highest BCUT2D eigenvalue weighted by Crippen LogP contribution is 2.29. The van der Waals surface area contributed by atoms with E-state index >= 15 is 0 Å². The fourth-order valence-electron chi connectivity index (χ4n) is 1.37. The molecule has 0 saturated carbocycles. The van der Waals surface area contributed by atoms with E-state index in [1.54, 1.807) is 0 Å². The van der Waals surface area contributed by atoms with E-state index in [4.69, 9.17) is 5.11 Å². The molecule has 0 radical (unpaired) electrons. The van der Waals surface area contributed by atoms with Crippen molar-refractivity contribution in [3.63, 3.8) is 0 Å². The zero-order chi connectivity index (χ0) is 13.8. The van der Waals surface area contributed by atoms with Crippen molar-refractivity contribution in [3.05, 3.63) is 5.82 Å². The number of rotatable bonds is 6. The van der Waals surface area contributed by atoms with Gasteiger partial charge in [-0.05, 0) is 18.3 Å². The zero-order valence-electron chi connectivity index (χ0n) is 10.2. The van der Waals surface area contributed by atoms with Crippen molar-refractivity contribution in [2.45, 2.75) is 32.9 Å². The molecule has 0 aliphatic carbocycles. The molecule has 0 amide bonds. The van der Waals surface area contributed by atoms with Crippen LogP contribution in [0.25, 0.3) is 0 Å². The maximum Gasteiger partial charge on any atom is 0.452 e. The van der Waals surface area contributed by atoms with E-state index in [1.165, 1.54) is 0 Å². The van der Waals surface area contributed by atoms with Crippen LogP contribution in [0.3, 0.4) is 0 Å². The molecule has 1 heterocycles. The Morgan fingerprint density at radius 2 is 2.00 bits per heavy atom. The van der Waals surface area contributed by atoms with Gasteiger partial charge in [-0.15, -0.1) is 0 Å². The van der Waals surface area contributed by atoms with Crippen molar-refractivity contribution in [3.8, 4) is 0 Å². The first-order chi connectivity index (χ1) is 8.24. The second-order valence-electron chi connectivity index (χ2n) is 4.77. The van der Waals surface area contributed by atoms with Crippen molar-refractivity contribution in [1.82, 2.24) is 9.36 Å². The van der Waals surface area contributed by atoms with Crippen molar-refractivity contribution < 1.29 is 18.3 Å². The molecule has 0 bridgehead atoms. The number of aliphatic hydroxyl groups excluding tert-OH is 1. The summed E-state index contributed by atoms with van der Waals surface area (Å²) in [6.45, 7) is 4.54. The van der Waals surface area contributed by atoms with Crippen LogP contribution >= 0.6 is 11.5 Å². The third-order valence-corrected chi connectivity index (χ3v) is 3.08. The van der Waals surface area contributed by atoms with Crippen molar-refractivity contribution >= 4 is 16.7 Å². The highest BCUT2D eigenvalue weighted by molar-refractivity contribution is 7.09. The molecule has 18 heavy (non-hydrogen) atoms. The lowest BCUT2D eigenvalue weighted by molar-refractivity contribution is -0.144. The minimum atomic E-state index is -4.50. The SMILES string of the molecule is CC(C)(CCCO)CNc1nc(C(F)(F)F)ns1. The van der Waals surface area contributed by atoms with Gasteiger partial charge in [0.25, 0.3) is 0 Å². The highest BCUT2D eigenvalue weighted by Gasteiger charge is 2.36. The summed E-state index contributed by atoms with van der Waals surface area (Å²) in [5.41, 5.74) is -0.118. The minimum Gasteiger partial charge on any atom is -0.396 e. The Kier molecular flexibility index (Phi) is 4.92. The van der Waals surface area contributed by atoms with Crippen LogP contribution in [0.1, 0.15) is 32.5 Å². The Labute approximate surface area is 107 Å². The van der Waals surface area contributed by atoms with E-state index < -0.39 is 12.0 Å². The summed E-state index contributed by atoms with van der Waals surface area (Å²) in [4.78, 5) is 3.39. The van der Waals surface area contributed by atoms with Crippen LogP contribution in [0.5, 0.6) is 0 Å². The summed E-state index contributed by atoms with van der Waals surface area (Å²) >= 11 is 0.699. The summed E-state index contributed by atoms with van der Waals surface area (Å²) < 4.78 is 40.1. The Balaban J connectivity index is 2.51. The number of hydrogen-bond acceptors (Lipinski definition) is 5. The molecule has 0 aromatic carbocycles. The van der Waals surface area contributed by atoms with Crippen LogP contribution in [0.15, 0.2) is 0 Å². The summed E-state index contributed by atoms with van der Waals surface area (Å²) in [5.74, 6) is -1.11. The molecule has 0 aliphatic heterocycles. The average Bonchev–Trinajstić information content (AvgIpc) is 2.72. The molecule has 4 nitrogen and oxygen atoms in total. The van der Waals surface area contributed by atoms with Gasteiger partial charge in [0.05, 0.1) is 0 Å². The molecule has 0 spiro atoms. The number of alkyl halides is 3. The number of aliphatic hydroxyl groups is 1. The van der Waals surface area contributed by atoms with Gasteiger partial charge in [0.2, 0.25) is 11.0 Å². The molecule has 2 N–H and O–H groups in total. The van der Waals surface area contributed by atoms with Crippen LogP contribution in [-0.4, -0.2) is 27.6 Å². The lowest BCUT2D eigenvalue weighted by atomic mass is 9.88. The van der Waals surface area contributed by atoms with Crippen LogP contribution < -0.4 is 5.32 Å². The molecule has 1 aromatic heterocycles. The molecule has 0 unspecified atom stereocenters. The molecule has 0 atom stereocenters. The molecule has 8 heteroatoms. The second-order valence-corrected chi connectivity index (χ2v) is 5.52. The topological polar surface area (TPSA) is 58.0 Å². The van der Waals surface area contributed by atoms with Crippen LogP contribution in [0.2, 0.25) is 0 Å². The standard InChI is InChI=1S/C10H16F3N3OS/c1-9(2,4-3-5-17)6-14-8-15-7(16-18-8)10(11,12)13/h17H,3-6H2,1-2H3,(H,14,15,16). The number of anilines is 1. The first kappa shape index (κ1) is 15.2. The van der Waals surface area contributed by atoms with Gasteiger partial charge < -0.3 is 10.4 Å². The number of halogens is 3. The zero-order valence-corrected chi connectivity index (χ0v) is 11.0. The second kappa shape index (κ2) is 5.83. The van der Waals surface area contributed by atoms with E-state index in [0.717, 1.165) is 6.42 Å². The van der Waals surface area contributed by atoms with Crippen LogP contribution in [0.4, 0.5) is 18.3 Å². The minimum absolute atomic E-state index is 0.112. The largest absolute Gasteiger partial charge is 0.452 e. The maximum absolute atomic E-state index is 12.3. The van der Waals surface area contributed by atoms with E-state index in [-0.39, 0.29) is 17.2 Å². The van der Waals surface area contributed by atoms with Gasteiger partial charge in [-0.2, -0.15) is 22.5 Å². The fourth-order valence-corrected chi connectivity index (χ4v) is 1.95. The maximum atomic E-state index is 12.3. The lowest BCUT2D eigenvalue weighted by Crippen LogP contribution is -2.23. The fraction of sp³-hybridized carbons (Fsp3) is 0.800. The van der Waals surface area contributed by atoms with Crippen molar-refractivity contribution in [2.24, 2.45) is 5.41 Å². The van der Waals surface area contributed by atoms with E-state index in [1.807, 2.05) is 13.8 Å². The Morgan fingerprint density at radius 1 is 1.33 bits per heavy atom. The first-order valence-corrected chi connectivity index (χ1v) is 6.27. The average molecular weight is 283 g/mol. The molecule has 104 valence electrons. The van der Waals surface area contributed by atoms with Crippen molar-refractivity contribution in [2.75, 3.05) is 18.5 Å². The Bertz CT molecular complexity index is 379. The molecular weight excluding hydrogens is 267 g/mol. The quantitative estimate of drug-likeness (QED) is 0.843. The number of nitrogens with one attached hydrogen (secondary N) is 1. The third-order valence-electron chi connectivity index (χ3n) is 2.41. The van der Waals surface area contributed by atoms with Gasteiger partial charge in [0.15, 0.2) is 0 Å². The normalized spacial score (nSPS) is 12.8. The monoisotopic (exact) mass is 283 g/mol. The van der Waals surface area contributed by atoms with E-state index in [9.17, 15) is 13.2 Å². The van der Waals surface area contributed by atoms with Gasteiger partial charge in [0, 0.05) is 24.7 Å². The summed E-state index contributed by atoms with van der Waals surface area (Å²) in [5, 5.41) is 11.8. The summed E-state index contributed by atoms with van der Waals surface area (Å²) in [7, 11) is 0. The van der Waals surface area contributed by atoms with Gasteiger partial charge in [-0.1, -0.05) is 13.8 Å². The highest BCUT2D eigenvalue weighted by atomic mass is 32.1. The predicted octanol–water partition coefficient (Wildman–Crippen LogP) is 2.77. The molecular formula is C10H16F3N3OS. The van der Waals surface area contributed by atoms with Crippen LogP contribution in [0, 0.1) is 5.41 Å². The predicted molar refractivity (Wildman–Crippen MR) is 63.5 cm³/mol. The number of hydrogen-bond donors (Lipinski definition) is 2. The number of nitrogens with zero attached hydrogens (tertiary/aromatic N) is 2. The lowest BCUT2D eigenvalue weighted by Gasteiger charge is -2.24. The van der Waals surface area contributed by atoms with Crippen LogP contribution in [-0.2, 0) is 6.18 Å². The molecule has 0 saturated heterocycles. The smallest absolute Gasteiger partial charge is 0.396 e. The summed E-state index contributed by atoms with van der Waals surface area (Å²) in [6.07, 6.45) is -3.05. The summed E-state index contributed by atoms with van der Waals surface area (Å²) in [6, 6.07) is 0. The van der Waals surface area contributed by atoms with E-state index in [2.05, 4.69) is 14.7 Å². The van der Waals surface area contributed by atoms with Gasteiger partial charge in [0.1, 0.15) is 0 Å². The molecule has 1 rings (SSSR count). The van der Waals surface area contributed by atoms with Gasteiger partial charge in [-0.25, -0.2) is 0 Å². The number of aromatic nitrogens is 2. The third kappa shape index (κ3) is 4.77.